The van der Waals surface area contributed by atoms with Gasteiger partial charge in [0.25, 0.3) is 5.91 Å². The first-order valence-corrected chi connectivity index (χ1v) is 6.97. The number of carbonyl (C=O) groups excluding carboxylic acids is 2. The topological polar surface area (TPSA) is 83.1 Å². The smallest absolute Gasteiger partial charge is 0.251 e. The fourth-order valence-electron chi connectivity index (χ4n) is 1.80. The highest BCUT2D eigenvalue weighted by Crippen LogP contribution is 2.09. The molecule has 0 aliphatic carbocycles. The molecule has 0 fully saturated rings. The number of nitrogens with one attached hydrogen (secondary N) is 3. The maximum atomic E-state index is 12.0. The van der Waals surface area contributed by atoms with Crippen molar-refractivity contribution >= 4 is 17.6 Å². The summed E-state index contributed by atoms with van der Waals surface area (Å²) in [6.07, 6.45) is 0.256. The van der Waals surface area contributed by atoms with Gasteiger partial charge in [-0.15, -0.1) is 0 Å². The Labute approximate surface area is 125 Å². The van der Waals surface area contributed by atoms with Gasteiger partial charge < -0.3 is 16.0 Å². The summed E-state index contributed by atoms with van der Waals surface area (Å²) >= 11 is 0. The molecular weight excluding hydrogens is 268 g/mol. The van der Waals surface area contributed by atoms with Crippen LogP contribution in [0, 0.1) is 6.92 Å². The molecule has 0 radical (unpaired) electrons. The number of nitrogens with zero attached hydrogens (tertiary/aromatic N) is 1. The SMILES string of the molecule is CNc1cc(C(=O)NCCC(=O)NC(C)(C)C)cc(C)n1. The van der Waals surface area contributed by atoms with Gasteiger partial charge in [0.05, 0.1) is 0 Å². The van der Waals surface area contributed by atoms with Crippen LogP contribution in [0.5, 0.6) is 0 Å². The van der Waals surface area contributed by atoms with Gasteiger partial charge in [-0.2, -0.15) is 0 Å². The van der Waals surface area contributed by atoms with Crippen LogP contribution in [0.1, 0.15) is 43.2 Å². The fraction of sp³-hybridized carbons (Fsp3) is 0.533. The molecule has 2 amide bonds. The molecule has 0 saturated heterocycles. The molecule has 116 valence electrons. The number of hydrogen-bond acceptors (Lipinski definition) is 4. The highest BCUT2D eigenvalue weighted by atomic mass is 16.2. The van der Waals surface area contributed by atoms with E-state index < -0.39 is 0 Å². The first-order chi connectivity index (χ1) is 9.71. The van der Waals surface area contributed by atoms with Crippen molar-refractivity contribution < 1.29 is 9.59 Å². The maximum absolute atomic E-state index is 12.0. The van der Waals surface area contributed by atoms with E-state index in [9.17, 15) is 9.59 Å². The molecule has 1 aromatic rings. The minimum absolute atomic E-state index is 0.0791. The van der Waals surface area contributed by atoms with Crippen LogP contribution in [0.25, 0.3) is 0 Å². The largest absolute Gasteiger partial charge is 0.373 e. The van der Waals surface area contributed by atoms with Gasteiger partial charge >= 0.3 is 0 Å². The Kier molecular flexibility index (Phi) is 5.69. The average Bonchev–Trinajstić information content (AvgIpc) is 2.35. The van der Waals surface area contributed by atoms with E-state index in [2.05, 4.69) is 20.9 Å². The molecular formula is C15H24N4O2. The number of pyridine rings is 1. The summed E-state index contributed by atoms with van der Waals surface area (Å²) in [5, 5.41) is 8.50. The van der Waals surface area contributed by atoms with Crippen molar-refractivity contribution in [3.63, 3.8) is 0 Å². The van der Waals surface area contributed by atoms with Crippen LogP contribution in [0.15, 0.2) is 12.1 Å². The second-order valence-corrected chi connectivity index (χ2v) is 5.94. The van der Waals surface area contributed by atoms with Crippen LogP contribution in [0.3, 0.4) is 0 Å². The van der Waals surface area contributed by atoms with E-state index >= 15 is 0 Å². The lowest BCUT2D eigenvalue weighted by molar-refractivity contribution is -0.122. The third kappa shape index (κ3) is 6.25. The maximum Gasteiger partial charge on any atom is 0.251 e. The minimum Gasteiger partial charge on any atom is -0.373 e. The zero-order chi connectivity index (χ0) is 16.0. The van der Waals surface area contributed by atoms with Gasteiger partial charge in [-0.25, -0.2) is 4.98 Å². The van der Waals surface area contributed by atoms with Gasteiger partial charge in [0.15, 0.2) is 0 Å². The molecule has 0 saturated carbocycles. The summed E-state index contributed by atoms with van der Waals surface area (Å²) in [5.74, 6) is 0.357. The Balaban J connectivity index is 2.51. The van der Waals surface area contributed by atoms with E-state index in [0.29, 0.717) is 17.9 Å². The highest BCUT2D eigenvalue weighted by molar-refractivity contribution is 5.95. The lowest BCUT2D eigenvalue weighted by Crippen LogP contribution is -2.42. The number of aromatic nitrogens is 1. The van der Waals surface area contributed by atoms with Crippen LogP contribution >= 0.6 is 0 Å². The number of hydrogen-bond donors (Lipinski definition) is 3. The fourth-order valence-corrected chi connectivity index (χ4v) is 1.80. The monoisotopic (exact) mass is 292 g/mol. The molecule has 0 aromatic carbocycles. The third-order valence-electron chi connectivity index (χ3n) is 2.62. The van der Waals surface area contributed by atoms with Gasteiger partial charge in [0, 0.05) is 36.8 Å². The van der Waals surface area contributed by atoms with Crippen molar-refractivity contribution in [2.24, 2.45) is 0 Å². The number of rotatable bonds is 5. The Morgan fingerprint density at radius 1 is 1.24 bits per heavy atom. The quantitative estimate of drug-likeness (QED) is 0.767. The van der Waals surface area contributed by atoms with Gasteiger partial charge in [-0.1, -0.05) is 0 Å². The predicted molar refractivity (Wildman–Crippen MR) is 83.4 cm³/mol. The average molecular weight is 292 g/mol. The number of carbonyl (C=O) groups is 2. The lowest BCUT2D eigenvalue weighted by atomic mass is 10.1. The lowest BCUT2D eigenvalue weighted by Gasteiger charge is -2.20. The van der Waals surface area contributed by atoms with Gasteiger partial charge in [0.2, 0.25) is 5.91 Å². The van der Waals surface area contributed by atoms with E-state index in [1.54, 1.807) is 19.2 Å². The Morgan fingerprint density at radius 3 is 2.48 bits per heavy atom. The molecule has 21 heavy (non-hydrogen) atoms. The first kappa shape index (κ1) is 16.9. The van der Waals surface area contributed by atoms with E-state index in [0.717, 1.165) is 5.69 Å². The number of anilines is 1. The van der Waals surface area contributed by atoms with E-state index in [4.69, 9.17) is 0 Å². The van der Waals surface area contributed by atoms with Crippen molar-refractivity contribution in [1.29, 1.82) is 0 Å². The molecule has 0 unspecified atom stereocenters. The van der Waals surface area contributed by atoms with Crippen LogP contribution in [0.2, 0.25) is 0 Å². The number of amides is 2. The zero-order valence-electron chi connectivity index (χ0n) is 13.3. The molecule has 1 heterocycles. The Hall–Kier alpha value is -2.11. The van der Waals surface area contributed by atoms with Crippen LogP contribution in [-0.2, 0) is 4.79 Å². The van der Waals surface area contributed by atoms with E-state index in [-0.39, 0.29) is 23.8 Å². The van der Waals surface area contributed by atoms with Crippen molar-refractivity contribution in [3.05, 3.63) is 23.4 Å². The molecule has 0 aliphatic heterocycles. The second kappa shape index (κ2) is 7.06. The van der Waals surface area contributed by atoms with Gasteiger partial charge in [0.1, 0.15) is 5.82 Å². The van der Waals surface area contributed by atoms with Crippen LogP contribution in [-0.4, -0.2) is 35.9 Å². The van der Waals surface area contributed by atoms with E-state index in [1.807, 2.05) is 27.7 Å². The first-order valence-electron chi connectivity index (χ1n) is 6.97. The number of aryl methyl sites for hydroxylation is 1. The highest BCUT2D eigenvalue weighted by Gasteiger charge is 2.14. The van der Waals surface area contributed by atoms with Crippen molar-refractivity contribution in [2.45, 2.75) is 39.7 Å². The molecule has 6 nitrogen and oxygen atoms in total. The zero-order valence-corrected chi connectivity index (χ0v) is 13.3. The normalized spacial score (nSPS) is 10.9. The standard InChI is InChI=1S/C15H24N4O2/c1-10-8-11(9-12(16-5)18-10)14(21)17-7-6-13(20)19-15(2,3)4/h8-9H,6-7H2,1-5H3,(H,16,18)(H,17,21)(H,19,20). The van der Waals surface area contributed by atoms with Crippen molar-refractivity contribution in [3.8, 4) is 0 Å². The van der Waals surface area contributed by atoms with E-state index in [1.165, 1.54) is 0 Å². The summed E-state index contributed by atoms with van der Waals surface area (Å²) in [4.78, 5) is 27.9. The third-order valence-corrected chi connectivity index (χ3v) is 2.62. The Bertz CT molecular complexity index is 521. The van der Waals surface area contributed by atoms with Crippen molar-refractivity contribution in [2.75, 3.05) is 18.9 Å². The summed E-state index contributed by atoms with van der Waals surface area (Å²) in [7, 11) is 1.75. The predicted octanol–water partition coefficient (Wildman–Crippen LogP) is 1.47. The summed E-state index contributed by atoms with van der Waals surface area (Å²) in [6.45, 7) is 7.89. The van der Waals surface area contributed by atoms with Crippen LogP contribution in [0.4, 0.5) is 5.82 Å². The van der Waals surface area contributed by atoms with Crippen LogP contribution < -0.4 is 16.0 Å². The molecule has 0 aliphatic rings. The van der Waals surface area contributed by atoms with Crippen molar-refractivity contribution in [1.82, 2.24) is 15.6 Å². The minimum atomic E-state index is -0.259. The molecule has 3 N–H and O–H groups in total. The Morgan fingerprint density at radius 2 is 1.90 bits per heavy atom. The van der Waals surface area contributed by atoms with Gasteiger partial charge in [-0.05, 0) is 39.8 Å². The summed E-state index contributed by atoms with van der Waals surface area (Å²) in [5.41, 5.74) is 1.03. The molecule has 1 rings (SSSR count). The molecule has 1 aromatic heterocycles. The molecule has 0 atom stereocenters. The summed E-state index contributed by atoms with van der Waals surface area (Å²) < 4.78 is 0. The summed E-state index contributed by atoms with van der Waals surface area (Å²) in [6, 6.07) is 3.39. The van der Waals surface area contributed by atoms with Gasteiger partial charge in [-0.3, -0.25) is 9.59 Å². The molecule has 0 spiro atoms. The molecule has 6 heteroatoms. The molecule has 0 bridgehead atoms. The second-order valence-electron chi connectivity index (χ2n) is 5.94.